The van der Waals surface area contributed by atoms with Crippen molar-refractivity contribution in [1.82, 2.24) is 25.1 Å². The van der Waals surface area contributed by atoms with Gasteiger partial charge in [0.1, 0.15) is 11.0 Å². The summed E-state index contributed by atoms with van der Waals surface area (Å²) in [6, 6.07) is 2.43. The van der Waals surface area contributed by atoms with Crippen LogP contribution in [0.4, 0.5) is 22.2 Å². The molecule has 0 atom stereocenters. The monoisotopic (exact) mass is 298 g/mol. The Bertz CT molecular complexity index is 839. The lowest BCUT2D eigenvalue weighted by Crippen LogP contribution is -2.20. The standard InChI is InChI=1S/C12H10N8O2/c13-11-18-9-6(19-20-11)1-2-7(10(9)21)16-12(22)17-8-5-14-3-4-15-8/h1-5,21H,(H2,13,18,20)(H2,15,16,17,22). The van der Waals surface area contributed by atoms with Crippen LogP contribution in [0.15, 0.2) is 30.7 Å². The maximum atomic E-state index is 11.9. The van der Waals surface area contributed by atoms with Crippen molar-refractivity contribution in [2.45, 2.75) is 0 Å². The molecule has 2 heterocycles. The number of rotatable bonds is 2. The van der Waals surface area contributed by atoms with Crippen LogP contribution in [-0.4, -0.2) is 36.3 Å². The van der Waals surface area contributed by atoms with Gasteiger partial charge in [0.25, 0.3) is 0 Å². The molecule has 5 N–H and O–H groups in total. The van der Waals surface area contributed by atoms with Gasteiger partial charge in [-0.1, -0.05) is 0 Å². The zero-order valence-electron chi connectivity index (χ0n) is 11.1. The fourth-order valence-corrected chi connectivity index (χ4v) is 1.74. The Kier molecular flexibility index (Phi) is 3.32. The maximum Gasteiger partial charge on any atom is 0.325 e. The molecule has 10 heteroatoms. The molecule has 0 unspecified atom stereocenters. The summed E-state index contributed by atoms with van der Waals surface area (Å²) < 4.78 is 0. The second-order valence-corrected chi connectivity index (χ2v) is 4.17. The Balaban J connectivity index is 1.84. The molecule has 110 valence electrons. The van der Waals surface area contributed by atoms with Gasteiger partial charge in [0.2, 0.25) is 5.95 Å². The average Bonchev–Trinajstić information content (AvgIpc) is 2.51. The number of aromatic hydroxyl groups is 1. The maximum absolute atomic E-state index is 11.9. The van der Waals surface area contributed by atoms with Crippen LogP contribution < -0.4 is 16.4 Å². The third-order valence-corrected chi connectivity index (χ3v) is 2.67. The van der Waals surface area contributed by atoms with E-state index in [2.05, 4.69) is 35.8 Å². The highest BCUT2D eigenvalue weighted by Crippen LogP contribution is 2.30. The van der Waals surface area contributed by atoms with E-state index in [-0.39, 0.29) is 28.7 Å². The van der Waals surface area contributed by atoms with Crippen molar-refractivity contribution < 1.29 is 9.90 Å². The number of carbonyl (C=O) groups excluding carboxylic acids is 1. The zero-order chi connectivity index (χ0) is 15.5. The number of phenolic OH excluding ortho intramolecular Hbond substituents is 1. The summed E-state index contributed by atoms with van der Waals surface area (Å²) in [4.78, 5) is 23.5. The molecule has 0 saturated heterocycles. The fourth-order valence-electron chi connectivity index (χ4n) is 1.74. The lowest BCUT2D eigenvalue weighted by molar-refractivity contribution is 0.262. The summed E-state index contributed by atoms with van der Waals surface area (Å²) >= 11 is 0. The molecule has 0 aliphatic heterocycles. The van der Waals surface area contributed by atoms with Crippen molar-refractivity contribution in [2.24, 2.45) is 0 Å². The number of hydrogen-bond acceptors (Lipinski definition) is 8. The van der Waals surface area contributed by atoms with Gasteiger partial charge in [0.05, 0.1) is 11.9 Å². The van der Waals surface area contributed by atoms with Gasteiger partial charge >= 0.3 is 6.03 Å². The van der Waals surface area contributed by atoms with Crippen molar-refractivity contribution in [3.05, 3.63) is 30.7 Å². The Morgan fingerprint density at radius 1 is 1.18 bits per heavy atom. The van der Waals surface area contributed by atoms with E-state index in [1.165, 1.54) is 24.7 Å². The molecular formula is C12H10N8O2. The number of carbonyl (C=O) groups is 1. The molecule has 22 heavy (non-hydrogen) atoms. The van der Waals surface area contributed by atoms with Crippen LogP contribution in [0.3, 0.4) is 0 Å². The number of anilines is 3. The van der Waals surface area contributed by atoms with E-state index in [0.717, 1.165) is 0 Å². The SMILES string of the molecule is Nc1nnc2ccc(NC(=O)Nc3cnccn3)c(O)c2n1. The Morgan fingerprint density at radius 3 is 2.82 bits per heavy atom. The largest absolute Gasteiger partial charge is 0.504 e. The van der Waals surface area contributed by atoms with E-state index in [0.29, 0.717) is 5.52 Å². The summed E-state index contributed by atoms with van der Waals surface area (Å²) in [5.74, 6) is -0.0640. The van der Waals surface area contributed by atoms with Crippen LogP contribution in [0.2, 0.25) is 0 Å². The minimum atomic E-state index is -0.592. The quantitative estimate of drug-likeness (QED) is 0.505. The van der Waals surface area contributed by atoms with Gasteiger partial charge in [-0.2, -0.15) is 0 Å². The van der Waals surface area contributed by atoms with Crippen LogP contribution in [0.1, 0.15) is 0 Å². The number of nitrogens with one attached hydrogen (secondary N) is 2. The fraction of sp³-hybridized carbons (Fsp3) is 0. The van der Waals surface area contributed by atoms with Gasteiger partial charge < -0.3 is 16.2 Å². The minimum Gasteiger partial charge on any atom is -0.504 e. The summed E-state index contributed by atoms with van der Waals surface area (Å²) in [5, 5.41) is 22.4. The van der Waals surface area contributed by atoms with Crippen LogP contribution in [0.5, 0.6) is 5.75 Å². The zero-order valence-corrected chi connectivity index (χ0v) is 11.1. The number of hydrogen-bond donors (Lipinski definition) is 4. The van der Waals surface area contributed by atoms with Gasteiger partial charge in [-0.15, -0.1) is 10.2 Å². The van der Waals surface area contributed by atoms with Crippen LogP contribution in [0, 0.1) is 0 Å². The molecule has 0 radical (unpaired) electrons. The number of urea groups is 1. The third kappa shape index (κ3) is 2.65. The van der Waals surface area contributed by atoms with Gasteiger partial charge in [0.15, 0.2) is 11.6 Å². The van der Waals surface area contributed by atoms with Crippen molar-refractivity contribution in [3.63, 3.8) is 0 Å². The molecule has 2 aromatic heterocycles. The van der Waals surface area contributed by atoms with E-state index >= 15 is 0 Å². The lowest BCUT2D eigenvalue weighted by Gasteiger charge is -2.09. The molecule has 0 saturated carbocycles. The molecule has 2 amide bonds. The number of nitrogens with two attached hydrogens (primary N) is 1. The lowest BCUT2D eigenvalue weighted by atomic mass is 10.2. The van der Waals surface area contributed by atoms with Gasteiger partial charge in [-0.25, -0.2) is 14.8 Å². The topological polar surface area (TPSA) is 152 Å². The number of phenols is 1. The number of amides is 2. The van der Waals surface area contributed by atoms with E-state index in [4.69, 9.17) is 5.73 Å². The van der Waals surface area contributed by atoms with Crippen molar-refractivity contribution in [2.75, 3.05) is 16.4 Å². The first kappa shape index (κ1) is 13.4. The minimum absolute atomic E-state index is 0.0797. The summed E-state index contributed by atoms with van der Waals surface area (Å²) in [6.45, 7) is 0. The van der Waals surface area contributed by atoms with E-state index in [1.807, 2.05) is 0 Å². The normalized spacial score (nSPS) is 10.4. The van der Waals surface area contributed by atoms with Crippen LogP contribution in [-0.2, 0) is 0 Å². The first-order valence-corrected chi connectivity index (χ1v) is 6.09. The van der Waals surface area contributed by atoms with E-state index in [1.54, 1.807) is 6.07 Å². The summed E-state index contributed by atoms with van der Waals surface area (Å²) in [7, 11) is 0. The van der Waals surface area contributed by atoms with Crippen molar-refractivity contribution in [3.8, 4) is 5.75 Å². The molecule has 0 aliphatic rings. The molecule has 1 aromatic carbocycles. The number of aromatic nitrogens is 5. The second-order valence-electron chi connectivity index (χ2n) is 4.17. The molecule has 0 spiro atoms. The number of benzene rings is 1. The highest BCUT2D eigenvalue weighted by atomic mass is 16.3. The highest BCUT2D eigenvalue weighted by molar-refractivity contribution is 6.02. The highest BCUT2D eigenvalue weighted by Gasteiger charge is 2.12. The average molecular weight is 298 g/mol. The van der Waals surface area contributed by atoms with Gasteiger partial charge in [-0.3, -0.25) is 10.3 Å². The molecule has 0 bridgehead atoms. The molecule has 3 rings (SSSR count). The van der Waals surface area contributed by atoms with Gasteiger partial charge in [0, 0.05) is 12.4 Å². The second kappa shape index (κ2) is 5.44. The molecule has 10 nitrogen and oxygen atoms in total. The Hall–Kier alpha value is -3.56. The Labute approximate surface area is 123 Å². The molecule has 3 aromatic rings. The number of nitrogens with zero attached hydrogens (tertiary/aromatic N) is 5. The molecule has 0 fully saturated rings. The van der Waals surface area contributed by atoms with Crippen LogP contribution in [0.25, 0.3) is 11.0 Å². The molecule has 0 aliphatic carbocycles. The van der Waals surface area contributed by atoms with Gasteiger partial charge in [-0.05, 0) is 12.1 Å². The van der Waals surface area contributed by atoms with Crippen molar-refractivity contribution in [1.29, 1.82) is 0 Å². The third-order valence-electron chi connectivity index (χ3n) is 2.67. The first-order chi connectivity index (χ1) is 10.6. The Morgan fingerprint density at radius 2 is 2.05 bits per heavy atom. The number of nitrogen functional groups attached to an aromatic ring is 1. The molecular weight excluding hydrogens is 288 g/mol. The predicted octanol–water partition coefficient (Wildman–Crippen LogP) is 0.747. The number of fused-ring (bicyclic) bond motifs is 1. The first-order valence-electron chi connectivity index (χ1n) is 6.09. The van der Waals surface area contributed by atoms with E-state index < -0.39 is 6.03 Å². The van der Waals surface area contributed by atoms with Crippen LogP contribution >= 0.6 is 0 Å². The van der Waals surface area contributed by atoms with E-state index in [9.17, 15) is 9.90 Å². The summed E-state index contributed by atoms with van der Waals surface area (Å²) in [5.41, 5.74) is 6.08. The summed E-state index contributed by atoms with van der Waals surface area (Å²) in [6.07, 6.45) is 4.31. The predicted molar refractivity (Wildman–Crippen MR) is 78.1 cm³/mol. The van der Waals surface area contributed by atoms with Crippen molar-refractivity contribution >= 4 is 34.5 Å². The smallest absolute Gasteiger partial charge is 0.325 e.